The molecular formula is C25H29N3O4. The monoisotopic (exact) mass is 435 g/mol. The van der Waals surface area contributed by atoms with Crippen LogP contribution in [-0.4, -0.2) is 45.1 Å². The molecule has 7 heteroatoms. The maximum Gasteiger partial charge on any atom is 0.218 e. The molecule has 1 saturated heterocycles. The van der Waals surface area contributed by atoms with Gasteiger partial charge >= 0.3 is 0 Å². The van der Waals surface area contributed by atoms with Gasteiger partial charge in [0.2, 0.25) is 11.7 Å². The van der Waals surface area contributed by atoms with Crippen LogP contribution in [0.25, 0.3) is 0 Å². The number of rotatable bonds is 6. The van der Waals surface area contributed by atoms with Crippen molar-refractivity contribution in [1.82, 2.24) is 4.90 Å². The Bertz CT molecular complexity index is 1030. The molecule has 2 N–H and O–H groups in total. The SMILES string of the molecule is COc1ccc([C@@H]2C(C#N)=C(N)O[C@]3(OC)CCN(Cc4ccccc4)C[C@@H]23)cc1OC. The number of ether oxygens (including phenoxy) is 4. The fourth-order valence-electron chi connectivity index (χ4n) is 4.94. The van der Waals surface area contributed by atoms with Gasteiger partial charge in [-0.05, 0) is 23.3 Å². The topological polar surface area (TPSA) is 90.0 Å². The molecule has 4 rings (SSSR count). The first kappa shape index (κ1) is 22.0. The smallest absolute Gasteiger partial charge is 0.218 e. The van der Waals surface area contributed by atoms with E-state index < -0.39 is 5.79 Å². The van der Waals surface area contributed by atoms with Crippen LogP contribution in [0.15, 0.2) is 60.0 Å². The Labute approximate surface area is 188 Å². The van der Waals surface area contributed by atoms with Gasteiger partial charge in [0.1, 0.15) is 6.07 Å². The van der Waals surface area contributed by atoms with Crippen molar-refractivity contribution in [1.29, 1.82) is 5.26 Å². The summed E-state index contributed by atoms with van der Waals surface area (Å²) in [6.07, 6.45) is 0.643. The van der Waals surface area contributed by atoms with Crippen molar-refractivity contribution in [3.05, 3.63) is 71.1 Å². The summed E-state index contributed by atoms with van der Waals surface area (Å²) >= 11 is 0. The number of nitriles is 1. The lowest BCUT2D eigenvalue weighted by Gasteiger charge is -2.51. The summed E-state index contributed by atoms with van der Waals surface area (Å²) in [5, 5.41) is 9.99. The predicted octanol–water partition coefficient (Wildman–Crippen LogP) is 3.38. The van der Waals surface area contributed by atoms with Gasteiger partial charge in [0.25, 0.3) is 0 Å². The molecule has 2 heterocycles. The van der Waals surface area contributed by atoms with Crippen LogP contribution in [0.2, 0.25) is 0 Å². The molecule has 0 radical (unpaired) electrons. The molecule has 0 bridgehead atoms. The first-order chi connectivity index (χ1) is 15.5. The van der Waals surface area contributed by atoms with Crippen molar-refractivity contribution in [2.45, 2.75) is 24.7 Å². The number of methoxy groups -OCH3 is 3. The number of likely N-dealkylation sites (tertiary alicyclic amines) is 1. The molecule has 2 aliphatic heterocycles. The highest BCUT2D eigenvalue weighted by Gasteiger charge is 2.54. The van der Waals surface area contributed by atoms with Gasteiger partial charge in [0, 0.05) is 45.0 Å². The Morgan fingerprint density at radius 1 is 1.12 bits per heavy atom. The molecule has 7 nitrogen and oxygen atoms in total. The van der Waals surface area contributed by atoms with Crippen LogP contribution in [0.3, 0.4) is 0 Å². The fraction of sp³-hybridized carbons (Fsp3) is 0.400. The van der Waals surface area contributed by atoms with Gasteiger partial charge < -0.3 is 24.7 Å². The highest BCUT2D eigenvalue weighted by molar-refractivity contribution is 5.49. The van der Waals surface area contributed by atoms with Crippen LogP contribution in [0.4, 0.5) is 0 Å². The van der Waals surface area contributed by atoms with Crippen LogP contribution in [0, 0.1) is 17.2 Å². The fourth-order valence-corrected chi connectivity index (χ4v) is 4.94. The van der Waals surface area contributed by atoms with E-state index in [-0.39, 0.29) is 17.7 Å². The number of nitrogens with zero attached hydrogens (tertiary/aromatic N) is 2. The van der Waals surface area contributed by atoms with Crippen molar-refractivity contribution in [3.63, 3.8) is 0 Å². The van der Waals surface area contributed by atoms with Crippen LogP contribution in [-0.2, 0) is 16.0 Å². The van der Waals surface area contributed by atoms with Crippen molar-refractivity contribution in [2.75, 3.05) is 34.4 Å². The van der Waals surface area contributed by atoms with Crippen LogP contribution in [0.1, 0.15) is 23.5 Å². The van der Waals surface area contributed by atoms with Crippen molar-refractivity contribution in [2.24, 2.45) is 11.7 Å². The van der Waals surface area contributed by atoms with Gasteiger partial charge in [-0.25, -0.2) is 0 Å². The highest BCUT2D eigenvalue weighted by Crippen LogP contribution is 2.50. The molecule has 32 heavy (non-hydrogen) atoms. The second-order valence-electron chi connectivity index (χ2n) is 8.18. The molecular weight excluding hydrogens is 406 g/mol. The van der Waals surface area contributed by atoms with E-state index in [0.717, 1.165) is 18.7 Å². The molecule has 2 aromatic carbocycles. The van der Waals surface area contributed by atoms with Crippen molar-refractivity contribution < 1.29 is 18.9 Å². The first-order valence-corrected chi connectivity index (χ1v) is 10.7. The van der Waals surface area contributed by atoms with Gasteiger partial charge in [-0.1, -0.05) is 36.4 Å². The van der Waals surface area contributed by atoms with Gasteiger partial charge in [-0.15, -0.1) is 0 Å². The third-order valence-corrected chi connectivity index (χ3v) is 6.54. The van der Waals surface area contributed by atoms with Crippen molar-refractivity contribution >= 4 is 0 Å². The number of nitrogens with two attached hydrogens (primary N) is 1. The molecule has 0 aliphatic carbocycles. The largest absolute Gasteiger partial charge is 0.493 e. The predicted molar refractivity (Wildman–Crippen MR) is 120 cm³/mol. The van der Waals surface area contributed by atoms with E-state index in [1.807, 2.05) is 36.4 Å². The first-order valence-electron chi connectivity index (χ1n) is 10.7. The Morgan fingerprint density at radius 2 is 1.88 bits per heavy atom. The van der Waals surface area contributed by atoms with Crippen LogP contribution >= 0.6 is 0 Å². The third-order valence-electron chi connectivity index (χ3n) is 6.54. The molecule has 3 atom stereocenters. The highest BCUT2D eigenvalue weighted by atomic mass is 16.7. The lowest BCUT2D eigenvalue weighted by molar-refractivity contribution is -0.266. The number of hydrogen-bond acceptors (Lipinski definition) is 7. The second kappa shape index (κ2) is 9.11. The molecule has 0 saturated carbocycles. The van der Waals surface area contributed by atoms with E-state index >= 15 is 0 Å². The summed E-state index contributed by atoms with van der Waals surface area (Å²) in [4.78, 5) is 2.38. The van der Waals surface area contributed by atoms with Gasteiger partial charge in [-0.2, -0.15) is 5.26 Å². The Kier molecular flexibility index (Phi) is 6.26. The molecule has 1 fully saturated rings. The normalized spacial score (nSPS) is 25.4. The third kappa shape index (κ3) is 3.88. The lowest BCUT2D eigenvalue weighted by Crippen LogP contribution is -2.58. The molecule has 2 aliphatic rings. The Morgan fingerprint density at radius 3 is 2.53 bits per heavy atom. The molecule has 0 amide bonds. The molecule has 2 aromatic rings. The van der Waals surface area contributed by atoms with Crippen LogP contribution < -0.4 is 15.2 Å². The zero-order valence-electron chi connectivity index (χ0n) is 18.7. The number of hydrogen-bond donors (Lipinski definition) is 1. The van der Waals surface area contributed by atoms with E-state index in [0.29, 0.717) is 30.0 Å². The van der Waals surface area contributed by atoms with E-state index in [2.05, 4.69) is 23.1 Å². The second-order valence-corrected chi connectivity index (χ2v) is 8.18. The van der Waals surface area contributed by atoms with Gasteiger partial charge in [-0.3, -0.25) is 4.90 Å². The Hall–Kier alpha value is -3.21. The minimum Gasteiger partial charge on any atom is -0.493 e. The number of piperidine rings is 1. The van der Waals surface area contributed by atoms with Gasteiger partial charge in [0.15, 0.2) is 11.5 Å². The zero-order valence-corrected chi connectivity index (χ0v) is 18.7. The van der Waals surface area contributed by atoms with E-state index in [1.54, 1.807) is 21.3 Å². The van der Waals surface area contributed by atoms with Crippen molar-refractivity contribution in [3.8, 4) is 17.6 Å². The summed E-state index contributed by atoms with van der Waals surface area (Å²) in [5.41, 5.74) is 8.83. The molecule has 0 spiro atoms. The molecule has 0 unspecified atom stereocenters. The summed E-state index contributed by atoms with van der Waals surface area (Å²) in [6.45, 7) is 2.31. The number of fused-ring (bicyclic) bond motifs is 1. The molecule has 168 valence electrons. The standard InChI is InChI=1S/C25H29N3O4/c1-29-21-10-9-18(13-22(21)30-2)23-19(14-26)24(27)32-25(31-3)11-12-28(16-20(23)25)15-17-7-5-4-6-8-17/h4-10,13,20,23H,11-12,15-16,27H2,1-3H3/t20-,23+,25+/m0/s1. The minimum absolute atomic E-state index is 0.127. The summed E-state index contributed by atoms with van der Waals surface area (Å²) < 4.78 is 23.0. The zero-order chi connectivity index (χ0) is 22.7. The quantitative estimate of drug-likeness (QED) is 0.744. The Balaban J connectivity index is 1.75. The average molecular weight is 436 g/mol. The summed E-state index contributed by atoms with van der Waals surface area (Å²) in [7, 11) is 4.85. The van der Waals surface area contributed by atoms with E-state index in [1.165, 1.54) is 5.56 Å². The molecule has 0 aromatic heterocycles. The lowest BCUT2D eigenvalue weighted by atomic mass is 9.72. The summed E-state index contributed by atoms with van der Waals surface area (Å²) in [6, 6.07) is 18.4. The number of benzene rings is 2. The maximum absolute atomic E-state index is 9.99. The van der Waals surface area contributed by atoms with E-state index in [4.69, 9.17) is 24.7 Å². The average Bonchev–Trinajstić information content (AvgIpc) is 2.83. The van der Waals surface area contributed by atoms with Gasteiger partial charge in [0.05, 0.1) is 19.8 Å². The maximum atomic E-state index is 9.99. The summed E-state index contributed by atoms with van der Waals surface area (Å²) in [5.74, 6) is 0.0348. The van der Waals surface area contributed by atoms with E-state index in [9.17, 15) is 5.26 Å². The number of allylic oxidation sites excluding steroid dienone is 1. The minimum atomic E-state index is -0.893. The van der Waals surface area contributed by atoms with Crippen LogP contribution in [0.5, 0.6) is 11.5 Å².